The van der Waals surface area contributed by atoms with Crippen molar-refractivity contribution < 1.29 is 9.50 Å². The highest BCUT2D eigenvalue weighted by Gasteiger charge is 2.13. The Morgan fingerprint density at radius 1 is 1.21 bits per heavy atom. The minimum atomic E-state index is -0.814. The zero-order chi connectivity index (χ0) is 14.0. The van der Waals surface area contributed by atoms with E-state index in [-0.39, 0.29) is 5.82 Å². The Labute approximate surface area is 121 Å². The maximum Gasteiger partial charge on any atom is 0.123 e. The minimum Gasteiger partial charge on any atom is -0.388 e. The maximum absolute atomic E-state index is 13.3. The molecule has 2 rings (SSSR count). The minimum absolute atomic E-state index is 0.294. The number of rotatable bonds is 3. The van der Waals surface area contributed by atoms with Crippen LogP contribution in [0.1, 0.15) is 22.8 Å². The van der Waals surface area contributed by atoms with Crippen LogP contribution >= 0.6 is 23.2 Å². The van der Waals surface area contributed by atoms with Crippen molar-refractivity contribution in [2.45, 2.75) is 19.4 Å². The molecule has 0 heterocycles. The van der Waals surface area contributed by atoms with Gasteiger partial charge in [-0.25, -0.2) is 4.39 Å². The smallest absolute Gasteiger partial charge is 0.123 e. The van der Waals surface area contributed by atoms with Crippen LogP contribution in [0.5, 0.6) is 0 Å². The largest absolute Gasteiger partial charge is 0.388 e. The molecule has 2 aromatic carbocycles. The zero-order valence-electron chi connectivity index (χ0n) is 10.3. The van der Waals surface area contributed by atoms with Crippen LogP contribution in [0.15, 0.2) is 36.4 Å². The van der Waals surface area contributed by atoms with Gasteiger partial charge in [-0.1, -0.05) is 41.4 Å². The number of aliphatic hydroxyl groups is 1. The molecule has 0 saturated carbocycles. The van der Waals surface area contributed by atoms with Gasteiger partial charge in [-0.2, -0.15) is 0 Å². The fourth-order valence-electron chi connectivity index (χ4n) is 1.99. The average molecular weight is 299 g/mol. The monoisotopic (exact) mass is 298 g/mol. The number of hydrogen-bond donors (Lipinski definition) is 1. The molecule has 0 bridgehead atoms. The molecule has 19 heavy (non-hydrogen) atoms. The highest BCUT2D eigenvalue weighted by atomic mass is 35.5. The number of hydrogen-bond acceptors (Lipinski definition) is 1. The van der Waals surface area contributed by atoms with E-state index in [1.165, 1.54) is 12.1 Å². The van der Waals surface area contributed by atoms with Crippen molar-refractivity contribution in [2.75, 3.05) is 0 Å². The van der Waals surface area contributed by atoms with Gasteiger partial charge >= 0.3 is 0 Å². The predicted octanol–water partition coefficient (Wildman–Crippen LogP) is 4.72. The second-order valence-corrected chi connectivity index (χ2v) is 5.28. The zero-order valence-corrected chi connectivity index (χ0v) is 11.8. The summed E-state index contributed by atoms with van der Waals surface area (Å²) in [5.41, 5.74) is 2.04. The molecule has 0 spiro atoms. The molecule has 0 aliphatic carbocycles. The van der Waals surface area contributed by atoms with Crippen LogP contribution in [0.4, 0.5) is 4.39 Å². The summed E-state index contributed by atoms with van der Waals surface area (Å²) in [6.07, 6.45) is -0.521. The van der Waals surface area contributed by atoms with E-state index >= 15 is 0 Å². The molecule has 0 radical (unpaired) electrons. The third kappa shape index (κ3) is 3.47. The molecule has 1 nitrogen and oxygen atoms in total. The van der Waals surface area contributed by atoms with Crippen LogP contribution in [0, 0.1) is 12.7 Å². The van der Waals surface area contributed by atoms with Crippen molar-refractivity contribution in [3.8, 4) is 0 Å². The summed E-state index contributed by atoms with van der Waals surface area (Å²) in [7, 11) is 0. The van der Waals surface area contributed by atoms with Crippen molar-refractivity contribution in [3.63, 3.8) is 0 Å². The first-order valence-electron chi connectivity index (χ1n) is 5.85. The molecule has 2 aromatic rings. The highest BCUT2D eigenvalue weighted by Crippen LogP contribution is 2.29. The fourth-order valence-corrected chi connectivity index (χ4v) is 2.39. The SMILES string of the molecule is Cc1cc(F)cc(C(O)Cc2cccc(Cl)c2Cl)c1. The van der Waals surface area contributed by atoms with Crippen LogP contribution in [0.2, 0.25) is 10.0 Å². The third-order valence-electron chi connectivity index (χ3n) is 2.89. The Morgan fingerprint density at radius 3 is 2.63 bits per heavy atom. The van der Waals surface area contributed by atoms with Crippen molar-refractivity contribution >= 4 is 23.2 Å². The normalized spacial score (nSPS) is 12.5. The maximum atomic E-state index is 13.3. The topological polar surface area (TPSA) is 20.2 Å². The number of aliphatic hydroxyl groups excluding tert-OH is 1. The van der Waals surface area contributed by atoms with Gasteiger partial charge in [0, 0.05) is 6.42 Å². The molecular formula is C15H13Cl2FO. The van der Waals surface area contributed by atoms with E-state index in [1.54, 1.807) is 31.2 Å². The lowest BCUT2D eigenvalue weighted by Crippen LogP contribution is -2.03. The number of aryl methyl sites for hydroxylation is 1. The van der Waals surface area contributed by atoms with E-state index < -0.39 is 6.10 Å². The predicted molar refractivity (Wildman–Crippen MR) is 76.3 cm³/mol. The van der Waals surface area contributed by atoms with Gasteiger partial charge < -0.3 is 5.11 Å². The Hall–Kier alpha value is -1.09. The van der Waals surface area contributed by atoms with Crippen molar-refractivity contribution in [3.05, 3.63) is 69.0 Å². The lowest BCUT2D eigenvalue weighted by molar-refractivity contribution is 0.178. The first kappa shape index (κ1) is 14.3. The standard InChI is InChI=1S/C15H13Cl2FO/c1-9-5-11(7-12(18)6-9)14(19)8-10-3-2-4-13(16)15(10)17/h2-7,14,19H,8H2,1H3. The molecular weight excluding hydrogens is 286 g/mol. The fraction of sp³-hybridized carbons (Fsp3) is 0.200. The molecule has 0 aliphatic heterocycles. The van der Waals surface area contributed by atoms with Gasteiger partial charge in [0.15, 0.2) is 0 Å². The van der Waals surface area contributed by atoms with E-state index in [2.05, 4.69) is 0 Å². The van der Waals surface area contributed by atoms with Crippen molar-refractivity contribution in [1.82, 2.24) is 0 Å². The van der Waals surface area contributed by atoms with E-state index in [0.717, 1.165) is 11.1 Å². The van der Waals surface area contributed by atoms with Gasteiger partial charge in [0.2, 0.25) is 0 Å². The Morgan fingerprint density at radius 2 is 1.95 bits per heavy atom. The average Bonchev–Trinajstić information content (AvgIpc) is 2.33. The Balaban J connectivity index is 2.25. The second kappa shape index (κ2) is 5.91. The van der Waals surface area contributed by atoms with Gasteiger partial charge in [0.05, 0.1) is 16.1 Å². The van der Waals surface area contributed by atoms with Gasteiger partial charge in [0.25, 0.3) is 0 Å². The van der Waals surface area contributed by atoms with Crippen LogP contribution in [0.3, 0.4) is 0 Å². The molecule has 100 valence electrons. The Bertz CT molecular complexity index is 578. The van der Waals surface area contributed by atoms with Crippen molar-refractivity contribution in [2.24, 2.45) is 0 Å². The van der Waals surface area contributed by atoms with Crippen LogP contribution in [-0.4, -0.2) is 5.11 Å². The summed E-state index contributed by atoms with van der Waals surface area (Å²) >= 11 is 12.0. The molecule has 0 fully saturated rings. The summed E-state index contributed by atoms with van der Waals surface area (Å²) in [6, 6.07) is 9.76. The van der Waals surface area contributed by atoms with Gasteiger partial charge in [-0.05, 0) is 41.8 Å². The molecule has 0 aliphatic rings. The van der Waals surface area contributed by atoms with E-state index in [1.807, 2.05) is 0 Å². The van der Waals surface area contributed by atoms with Gasteiger partial charge in [0.1, 0.15) is 5.82 Å². The van der Waals surface area contributed by atoms with Gasteiger partial charge in [-0.15, -0.1) is 0 Å². The highest BCUT2D eigenvalue weighted by molar-refractivity contribution is 6.42. The Kier molecular flexibility index (Phi) is 4.46. The summed E-state index contributed by atoms with van der Waals surface area (Å²) in [4.78, 5) is 0. The molecule has 1 atom stereocenters. The van der Waals surface area contributed by atoms with E-state index in [0.29, 0.717) is 22.0 Å². The van der Waals surface area contributed by atoms with Gasteiger partial charge in [-0.3, -0.25) is 0 Å². The number of benzene rings is 2. The summed E-state index contributed by atoms with van der Waals surface area (Å²) in [5.74, 6) is -0.355. The lowest BCUT2D eigenvalue weighted by Gasteiger charge is -2.13. The summed E-state index contributed by atoms with van der Waals surface area (Å²) in [5, 5.41) is 11.0. The first-order chi connectivity index (χ1) is 8.97. The summed E-state index contributed by atoms with van der Waals surface area (Å²) in [6.45, 7) is 1.78. The summed E-state index contributed by atoms with van der Waals surface area (Å²) < 4.78 is 13.3. The molecule has 0 amide bonds. The molecule has 0 aromatic heterocycles. The van der Waals surface area contributed by atoms with Crippen LogP contribution in [0.25, 0.3) is 0 Å². The van der Waals surface area contributed by atoms with Crippen LogP contribution in [-0.2, 0) is 6.42 Å². The quantitative estimate of drug-likeness (QED) is 0.869. The van der Waals surface area contributed by atoms with Crippen LogP contribution < -0.4 is 0 Å². The molecule has 1 unspecified atom stereocenters. The molecule has 0 saturated heterocycles. The third-order valence-corrected chi connectivity index (χ3v) is 3.75. The van der Waals surface area contributed by atoms with E-state index in [4.69, 9.17) is 23.2 Å². The second-order valence-electron chi connectivity index (χ2n) is 4.49. The lowest BCUT2D eigenvalue weighted by atomic mass is 10.00. The van der Waals surface area contributed by atoms with E-state index in [9.17, 15) is 9.50 Å². The van der Waals surface area contributed by atoms with Crippen molar-refractivity contribution in [1.29, 1.82) is 0 Å². The number of halogens is 3. The molecule has 4 heteroatoms. The molecule has 1 N–H and O–H groups in total. The first-order valence-corrected chi connectivity index (χ1v) is 6.61.